The standard InChI is InChI=1S/C19H22FNO/c1-3-13-10-14(4-2)18-9-8-17(19(22)21(18)12-13)15-6-5-7-16(20)11-15/h5-9,11,13-14H,3-4,10,12H2,1-2H3. The van der Waals surface area contributed by atoms with Crippen LogP contribution in [0.2, 0.25) is 0 Å². The van der Waals surface area contributed by atoms with Crippen LogP contribution < -0.4 is 5.56 Å². The van der Waals surface area contributed by atoms with Crippen molar-refractivity contribution < 1.29 is 4.39 Å². The van der Waals surface area contributed by atoms with Crippen LogP contribution in [-0.2, 0) is 6.54 Å². The molecule has 1 aromatic carbocycles. The third kappa shape index (κ3) is 2.60. The largest absolute Gasteiger partial charge is 0.312 e. The Labute approximate surface area is 130 Å². The lowest BCUT2D eigenvalue weighted by molar-refractivity contribution is 0.306. The molecule has 2 atom stereocenters. The second-order valence-corrected chi connectivity index (χ2v) is 6.21. The highest BCUT2D eigenvalue weighted by Crippen LogP contribution is 2.34. The summed E-state index contributed by atoms with van der Waals surface area (Å²) >= 11 is 0. The predicted molar refractivity (Wildman–Crippen MR) is 87.5 cm³/mol. The van der Waals surface area contributed by atoms with E-state index in [0.29, 0.717) is 23.0 Å². The fraction of sp³-hybridized carbons (Fsp3) is 0.421. The molecular weight excluding hydrogens is 277 g/mol. The van der Waals surface area contributed by atoms with Gasteiger partial charge in [0.15, 0.2) is 0 Å². The van der Waals surface area contributed by atoms with Crippen LogP contribution in [0.4, 0.5) is 4.39 Å². The highest BCUT2D eigenvalue weighted by Gasteiger charge is 2.26. The molecule has 1 aliphatic heterocycles. The molecule has 0 radical (unpaired) electrons. The Kier molecular flexibility index (Phi) is 4.14. The van der Waals surface area contributed by atoms with Crippen LogP contribution in [0, 0.1) is 11.7 Å². The lowest BCUT2D eigenvalue weighted by atomic mass is 9.84. The maximum atomic E-state index is 13.4. The zero-order valence-electron chi connectivity index (χ0n) is 13.2. The number of pyridine rings is 1. The quantitative estimate of drug-likeness (QED) is 0.813. The monoisotopic (exact) mass is 299 g/mol. The van der Waals surface area contributed by atoms with Crippen LogP contribution in [0.15, 0.2) is 41.2 Å². The SMILES string of the molecule is CCC1CC(CC)c2ccc(-c3cccc(F)c3)c(=O)n2C1. The van der Waals surface area contributed by atoms with Gasteiger partial charge in [0.1, 0.15) is 5.82 Å². The van der Waals surface area contributed by atoms with Gasteiger partial charge in [0.2, 0.25) is 0 Å². The molecular formula is C19H22FNO. The van der Waals surface area contributed by atoms with Gasteiger partial charge in [-0.3, -0.25) is 4.79 Å². The first kappa shape index (κ1) is 15.0. The van der Waals surface area contributed by atoms with E-state index in [1.54, 1.807) is 12.1 Å². The van der Waals surface area contributed by atoms with Crippen LogP contribution in [0.25, 0.3) is 11.1 Å². The Morgan fingerprint density at radius 1 is 1.18 bits per heavy atom. The Bertz CT molecular complexity index is 734. The molecule has 0 fully saturated rings. The minimum absolute atomic E-state index is 0.0136. The Hall–Kier alpha value is -1.90. The minimum atomic E-state index is -0.308. The smallest absolute Gasteiger partial charge is 0.258 e. The van der Waals surface area contributed by atoms with Gasteiger partial charge in [0.05, 0.1) is 0 Å². The normalized spacial score (nSPS) is 20.7. The molecule has 2 unspecified atom stereocenters. The molecule has 0 saturated carbocycles. The number of halogens is 1. The molecule has 0 amide bonds. The number of hydrogen-bond acceptors (Lipinski definition) is 1. The lowest BCUT2D eigenvalue weighted by Crippen LogP contribution is -2.33. The summed E-state index contributed by atoms with van der Waals surface area (Å²) < 4.78 is 15.4. The van der Waals surface area contributed by atoms with Crippen LogP contribution in [0.5, 0.6) is 0 Å². The zero-order chi connectivity index (χ0) is 15.7. The summed E-state index contributed by atoms with van der Waals surface area (Å²) in [6.45, 7) is 5.15. The molecule has 0 aliphatic carbocycles. The molecule has 0 saturated heterocycles. The van der Waals surface area contributed by atoms with E-state index in [-0.39, 0.29) is 11.4 Å². The average Bonchev–Trinajstić information content (AvgIpc) is 2.54. The molecule has 3 rings (SSSR count). The Morgan fingerprint density at radius 2 is 2.00 bits per heavy atom. The van der Waals surface area contributed by atoms with Gasteiger partial charge in [-0.1, -0.05) is 32.4 Å². The second kappa shape index (κ2) is 6.07. The van der Waals surface area contributed by atoms with E-state index in [0.717, 1.165) is 31.5 Å². The summed E-state index contributed by atoms with van der Waals surface area (Å²) in [6.07, 6.45) is 3.30. The van der Waals surface area contributed by atoms with Crippen LogP contribution in [0.1, 0.15) is 44.7 Å². The van der Waals surface area contributed by atoms with Gasteiger partial charge in [-0.2, -0.15) is 0 Å². The van der Waals surface area contributed by atoms with Crippen molar-refractivity contribution in [1.29, 1.82) is 0 Å². The third-order valence-electron chi connectivity index (χ3n) is 4.89. The van der Waals surface area contributed by atoms with Crippen molar-refractivity contribution in [3.63, 3.8) is 0 Å². The van der Waals surface area contributed by atoms with Gasteiger partial charge >= 0.3 is 0 Å². The van der Waals surface area contributed by atoms with Crippen molar-refractivity contribution in [2.24, 2.45) is 5.92 Å². The summed E-state index contributed by atoms with van der Waals surface area (Å²) in [4.78, 5) is 12.9. The van der Waals surface area contributed by atoms with Gasteiger partial charge in [-0.25, -0.2) is 4.39 Å². The van der Waals surface area contributed by atoms with Crippen molar-refractivity contribution >= 4 is 0 Å². The summed E-state index contributed by atoms with van der Waals surface area (Å²) in [7, 11) is 0. The summed E-state index contributed by atoms with van der Waals surface area (Å²) in [5, 5.41) is 0. The number of rotatable bonds is 3. The fourth-order valence-corrected chi connectivity index (χ4v) is 3.54. The topological polar surface area (TPSA) is 22.0 Å². The van der Waals surface area contributed by atoms with E-state index >= 15 is 0 Å². The maximum Gasteiger partial charge on any atom is 0.258 e. The molecule has 0 N–H and O–H groups in total. The van der Waals surface area contributed by atoms with Crippen molar-refractivity contribution in [2.75, 3.05) is 0 Å². The van der Waals surface area contributed by atoms with Gasteiger partial charge in [-0.15, -0.1) is 0 Å². The molecule has 2 aromatic rings. The molecule has 22 heavy (non-hydrogen) atoms. The number of aromatic nitrogens is 1. The number of fused-ring (bicyclic) bond motifs is 1. The molecule has 2 nitrogen and oxygen atoms in total. The van der Waals surface area contributed by atoms with Gasteiger partial charge < -0.3 is 4.57 Å². The van der Waals surface area contributed by atoms with Crippen molar-refractivity contribution in [1.82, 2.24) is 4.57 Å². The highest BCUT2D eigenvalue weighted by atomic mass is 19.1. The molecule has 1 aliphatic rings. The summed E-state index contributed by atoms with van der Waals surface area (Å²) in [5.74, 6) is 0.698. The molecule has 1 aromatic heterocycles. The van der Waals surface area contributed by atoms with Crippen molar-refractivity contribution in [2.45, 2.75) is 45.6 Å². The van der Waals surface area contributed by atoms with E-state index in [1.807, 2.05) is 10.6 Å². The van der Waals surface area contributed by atoms with E-state index in [1.165, 1.54) is 12.1 Å². The fourth-order valence-electron chi connectivity index (χ4n) is 3.54. The number of nitrogens with zero attached hydrogens (tertiary/aromatic N) is 1. The van der Waals surface area contributed by atoms with Gasteiger partial charge in [0.25, 0.3) is 5.56 Å². The second-order valence-electron chi connectivity index (χ2n) is 6.21. The molecule has 116 valence electrons. The first-order valence-electron chi connectivity index (χ1n) is 8.13. The highest BCUT2D eigenvalue weighted by molar-refractivity contribution is 5.62. The lowest BCUT2D eigenvalue weighted by Gasteiger charge is -2.32. The minimum Gasteiger partial charge on any atom is -0.312 e. The Balaban J connectivity index is 2.12. The van der Waals surface area contributed by atoms with Crippen LogP contribution >= 0.6 is 0 Å². The van der Waals surface area contributed by atoms with E-state index in [4.69, 9.17) is 0 Å². The first-order valence-corrected chi connectivity index (χ1v) is 8.13. The van der Waals surface area contributed by atoms with Gasteiger partial charge in [0, 0.05) is 17.8 Å². The first-order chi connectivity index (χ1) is 10.6. The number of hydrogen-bond donors (Lipinski definition) is 0. The molecule has 3 heteroatoms. The van der Waals surface area contributed by atoms with E-state index < -0.39 is 0 Å². The van der Waals surface area contributed by atoms with E-state index in [9.17, 15) is 9.18 Å². The van der Waals surface area contributed by atoms with Crippen LogP contribution in [-0.4, -0.2) is 4.57 Å². The van der Waals surface area contributed by atoms with Gasteiger partial charge in [-0.05, 0) is 54.5 Å². The summed E-state index contributed by atoms with van der Waals surface area (Å²) in [5.41, 5.74) is 2.40. The maximum absolute atomic E-state index is 13.4. The molecule has 2 heterocycles. The van der Waals surface area contributed by atoms with Crippen molar-refractivity contribution in [3.05, 3.63) is 58.3 Å². The zero-order valence-corrected chi connectivity index (χ0v) is 13.2. The number of benzene rings is 1. The average molecular weight is 299 g/mol. The molecule has 0 spiro atoms. The third-order valence-corrected chi connectivity index (χ3v) is 4.89. The summed E-state index contributed by atoms with van der Waals surface area (Å²) in [6, 6.07) is 10.2. The molecule has 0 bridgehead atoms. The predicted octanol–water partition coefficient (Wildman–Crippen LogP) is 4.58. The van der Waals surface area contributed by atoms with Crippen LogP contribution in [0.3, 0.4) is 0 Å². The van der Waals surface area contributed by atoms with E-state index in [2.05, 4.69) is 19.9 Å². The van der Waals surface area contributed by atoms with Crippen molar-refractivity contribution in [3.8, 4) is 11.1 Å². The Morgan fingerprint density at radius 3 is 2.68 bits per heavy atom.